The van der Waals surface area contributed by atoms with Crippen LogP contribution in [0.15, 0.2) is 30.0 Å². The average Bonchev–Trinajstić information content (AvgIpc) is 2.35. The number of nitrogens with zero attached hydrogens (tertiary/aromatic N) is 1. The lowest BCUT2D eigenvalue weighted by Crippen LogP contribution is -2.51. The highest BCUT2D eigenvalue weighted by molar-refractivity contribution is 6.12. The Hall–Kier alpha value is -2.43. The van der Waals surface area contributed by atoms with E-state index in [-0.39, 0.29) is 18.1 Å². The Labute approximate surface area is 110 Å². The topological polar surface area (TPSA) is 66.5 Å². The summed E-state index contributed by atoms with van der Waals surface area (Å²) >= 11 is 0. The van der Waals surface area contributed by atoms with Crippen LogP contribution in [0.5, 0.6) is 0 Å². The van der Waals surface area contributed by atoms with Gasteiger partial charge in [-0.05, 0) is 18.6 Å². The lowest BCUT2D eigenvalue weighted by molar-refractivity contribution is -0.147. The van der Waals surface area contributed by atoms with Crippen molar-refractivity contribution in [3.8, 4) is 0 Å². The molecule has 0 bridgehead atoms. The highest BCUT2D eigenvalue weighted by Gasteiger charge is 2.30. The molecule has 1 fully saturated rings. The van der Waals surface area contributed by atoms with Crippen molar-refractivity contribution in [1.29, 1.82) is 0 Å². The smallest absolute Gasteiger partial charge is 0.277 e. The Morgan fingerprint density at radius 3 is 2.47 bits per heavy atom. The molecule has 0 radical (unpaired) electrons. The van der Waals surface area contributed by atoms with Crippen molar-refractivity contribution in [2.24, 2.45) is 0 Å². The number of carbonyl (C=O) groups is 3. The molecule has 5 heteroatoms. The van der Waals surface area contributed by atoms with Crippen LogP contribution < -0.4 is 5.32 Å². The van der Waals surface area contributed by atoms with Crippen molar-refractivity contribution in [2.45, 2.75) is 13.8 Å². The van der Waals surface area contributed by atoms with E-state index in [1.54, 1.807) is 6.08 Å². The van der Waals surface area contributed by atoms with E-state index in [0.717, 1.165) is 16.0 Å². The summed E-state index contributed by atoms with van der Waals surface area (Å²) < 4.78 is 0. The minimum absolute atomic E-state index is 0.121. The molecule has 5 nitrogen and oxygen atoms in total. The molecule has 1 saturated heterocycles. The number of hydrogen-bond donors (Lipinski definition) is 1. The van der Waals surface area contributed by atoms with Gasteiger partial charge in [-0.3, -0.25) is 19.3 Å². The highest BCUT2D eigenvalue weighted by Crippen LogP contribution is 2.12. The summed E-state index contributed by atoms with van der Waals surface area (Å²) in [5.41, 5.74) is 2.02. The maximum Gasteiger partial charge on any atom is 0.277 e. The number of hydrogen-bond acceptors (Lipinski definition) is 3. The van der Waals surface area contributed by atoms with Gasteiger partial charge in [-0.2, -0.15) is 0 Å². The molecule has 0 aliphatic carbocycles. The molecule has 0 saturated carbocycles. The second-order valence-corrected chi connectivity index (χ2v) is 4.43. The van der Waals surface area contributed by atoms with Gasteiger partial charge >= 0.3 is 0 Å². The molecular formula is C14H14N2O3. The summed E-state index contributed by atoms with van der Waals surface area (Å²) in [6.45, 7) is 3.00. The van der Waals surface area contributed by atoms with E-state index >= 15 is 0 Å². The van der Waals surface area contributed by atoms with E-state index < -0.39 is 11.8 Å². The highest BCUT2D eigenvalue weighted by atomic mass is 16.2. The molecule has 2 rings (SSSR count). The monoisotopic (exact) mass is 258 g/mol. The van der Waals surface area contributed by atoms with Crippen molar-refractivity contribution < 1.29 is 14.4 Å². The number of aryl methyl sites for hydroxylation is 1. The number of piperazine rings is 1. The van der Waals surface area contributed by atoms with E-state index in [1.165, 1.54) is 6.92 Å². The third-order valence-electron chi connectivity index (χ3n) is 2.82. The molecule has 1 N–H and O–H groups in total. The molecule has 0 spiro atoms. The van der Waals surface area contributed by atoms with Crippen molar-refractivity contribution >= 4 is 23.8 Å². The van der Waals surface area contributed by atoms with Crippen LogP contribution in [0.1, 0.15) is 18.1 Å². The molecule has 1 aromatic rings. The van der Waals surface area contributed by atoms with Crippen LogP contribution in [0, 0.1) is 6.92 Å². The summed E-state index contributed by atoms with van der Waals surface area (Å²) in [5.74, 6) is -1.28. The van der Waals surface area contributed by atoms with Gasteiger partial charge in [0.2, 0.25) is 11.8 Å². The fourth-order valence-electron chi connectivity index (χ4n) is 1.79. The van der Waals surface area contributed by atoms with Crippen molar-refractivity contribution in [1.82, 2.24) is 10.2 Å². The van der Waals surface area contributed by atoms with E-state index in [4.69, 9.17) is 0 Å². The van der Waals surface area contributed by atoms with Crippen molar-refractivity contribution in [3.05, 3.63) is 41.1 Å². The first-order chi connectivity index (χ1) is 8.97. The zero-order valence-corrected chi connectivity index (χ0v) is 10.8. The standard InChI is InChI=1S/C14H14N2O3/c1-9-3-5-11(6-4-9)7-12-14(19)16(10(2)17)8-13(18)15-12/h3-7H,8H2,1-2H3,(H,15,18)/b12-7-. The van der Waals surface area contributed by atoms with Gasteiger partial charge in [0.25, 0.3) is 5.91 Å². The van der Waals surface area contributed by atoms with Crippen LogP contribution in [0.3, 0.4) is 0 Å². The molecule has 1 aliphatic heterocycles. The number of rotatable bonds is 1. The third kappa shape index (κ3) is 2.88. The first-order valence-electron chi connectivity index (χ1n) is 5.88. The number of carbonyl (C=O) groups excluding carboxylic acids is 3. The van der Waals surface area contributed by atoms with E-state index in [0.29, 0.717) is 0 Å². The van der Waals surface area contributed by atoms with Gasteiger partial charge in [0.15, 0.2) is 0 Å². The van der Waals surface area contributed by atoms with E-state index in [1.807, 2.05) is 31.2 Å². The van der Waals surface area contributed by atoms with Gasteiger partial charge in [-0.25, -0.2) is 0 Å². The van der Waals surface area contributed by atoms with Crippen molar-refractivity contribution in [2.75, 3.05) is 6.54 Å². The van der Waals surface area contributed by atoms with E-state index in [2.05, 4.69) is 5.32 Å². The lowest BCUT2D eigenvalue weighted by atomic mass is 10.1. The van der Waals surface area contributed by atoms with Gasteiger partial charge in [-0.1, -0.05) is 29.8 Å². The second kappa shape index (κ2) is 5.06. The van der Waals surface area contributed by atoms with Gasteiger partial charge in [0, 0.05) is 6.92 Å². The Bertz CT molecular complexity index is 573. The minimum atomic E-state index is -0.479. The number of imide groups is 1. The normalized spacial score (nSPS) is 17.6. The maximum absolute atomic E-state index is 12.0. The predicted octanol–water partition coefficient (Wildman–Crippen LogP) is 0.841. The summed E-state index contributed by atoms with van der Waals surface area (Å²) in [6.07, 6.45) is 1.56. The molecule has 1 aromatic carbocycles. The summed E-state index contributed by atoms with van der Waals surface area (Å²) in [4.78, 5) is 35.7. The van der Waals surface area contributed by atoms with Crippen LogP contribution in [-0.2, 0) is 14.4 Å². The fraction of sp³-hybridized carbons (Fsp3) is 0.214. The van der Waals surface area contributed by atoms with Crippen LogP contribution in [-0.4, -0.2) is 29.2 Å². The Morgan fingerprint density at radius 1 is 1.26 bits per heavy atom. The average molecular weight is 258 g/mol. The zero-order valence-electron chi connectivity index (χ0n) is 10.8. The molecule has 1 aliphatic rings. The predicted molar refractivity (Wildman–Crippen MR) is 69.7 cm³/mol. The first-order valence-corrected chi connectivity index (χ1v) is 5.88. The molecular weight excluding hydrogens is 244 g/mol. The van der Waals surface area contributed by atoms with Crippen LogP contribution >= 0.6 is 0 Å². The Morgan fingerprint density at radius 2 is 1.89 bits per heavy atom. The first kappa shape index (κ1) is 13.0. The van der Waals surface area contributed by atoms with Crippen molar-refractivity contribution in [3.63, 3.8) is 0 Å². The largest absolute Gasteiger partial charge is 0.320 e. The Kier molecular flexibility index (Phi) is 3.46. The number of nitrogens with one attached hydrogen (secondary N) is 1. The van der Waals surface area contributed by atoms with Gasteiger partial charge in [0.1, 0.15) is 12.2 Å². The Balaban J connectivity index is 2.32. The van der Waals surface area contributed by atoms with E-state index in [9.17, 15) is 14.4 Å². The zero-order chi connectivity index (χ0) is 14.0. The summed E-state index contributed by atoms with van der Waals surface area (Å²) in [7, 11) is 0. The quantitative estimate of drug-likeness (QED) is 0.759. The number of amides is 3. The molecule has 19 heavy (non-hydrogen) atoms. The maximum atomic E-state index is 12.0. The van der Waals surface area contributed by atoms with Gasteiger partial charge in [0.05, 0.1) is 0 Å². The molecule has 0 aromatic heterocycles. The summed E-state index contributed by atoms with van der Waals surface area (Å²) in [6, 6.07) is 7.50. The third-order valence-corrected chi connectivity index (χ3v) is 2.82. The van der Waals surface area contributed by atoms with Gasteiger partial charge in [-0.15, -0.1) is 0 Å². The van der Waals surface area contributed by atoms with Gasteiger partial charge < -0.3 is 5.32 Å². The molecule has 98 valence electrons. The molecule has 1 heterocycles. The van der Waals surface area contributed by atoms with Crippen LogP contribution in [0.2, 0.25) is 0 Å². The lowest BCUT2D eigenvalue weighted by Gasteiger charge is -2.25. The van der Waals surface area contributed by atoms with Crippen LogP contribution in [0.25, 0.3) is 6.08 Å². The second-order valence-electron chi connectivity index (χ2n) is 4.43. The number of benzene rings is 1. The fourth-order valence-corrected chi connectivity index (χ4v) is 1.79. The van der Waals surface area contributed by atoms with Crippen LogP contribution in [0.4, 0.5) is 0 Å². The minimum Gasteiger partial charge on any atom is -0.320 e. The molecule has 0 atom stereocenters. The SMILES string of the molecule is CC(=O)N1CC(=O)N/C(=C\c2ccc(C)cc2)C1=O. The summed E-state index contributed by atoms with van der Waals surface area (Å²) in [5, 5.41) is 2.49. The molecule has 0 unspecified atom stereocenters. The molecule has 3 amide bonds.